The Morgan fingerprint density at radius 2 is 1.90 bits per heavy atom. The van der Waals surface area contributed by atoms with Gasteiger partial charge >= 0.3 is 0 Å². The average Bonchev–Trinajstić information content (AvgIpc) is 2.47. The summed E-state index contributed by atoms with van der Waals surface area (Å²) in [6.07, 6.45) is 4.77. The molecule has 1 aliphatic heterocycles. The van der Waals surface area contributed by atoms with E-state index in [1.807, 2.05) is 12.1 Å². The molecule has 1 unspecified atom stereocenters. The molecule has 0 saturated carbocycles. The summed E-state index contributed by atoms with van der Waals surface area (Å²) in [7, 11) is 0. The van der Waals surface area contributed by atoms with Crippen LogP contribution < -0.4 is 5.32 Å². The SMILES string of the molecule is CCN1CCC(NC(C)CCc2ccc(O)cc2)CC1. The minimum atomic E-state index is 0.350. The molecule has 1 aliphatic rings. The van der Waals surface area contributed by atoms with E-state index in [-0.39, 0.29) is 0 Å². The van der Waals surface area contributed by atoms with Gasteiger partial charge in [0.2, 0.25) is 0 Å². The Morgan fingerprint density at radius 3 is 2.50 bits per heavy atom. The van der Waals surface area contributed by atoms with Crippen LogP contribution in [0.3, 0.4) is 0 Å². The van der Waals surface area contributed by atoms with Crippen molar-refractivity contribution in [1.29, 1.82) is 0 Å². The van der Waals surface area contributed by atoms with Gasteiger partial charge in [-0.1, -0.05) is 19.1 Å². The summed E-state index contributed by atoms with van der Waals surface area (Å²) in [4.78, 5) is 2.53. The van der Waals surface area contributed by atoms with Crippen molar-refractivity contribution in [2.45, 2.75) is 51.6 Å². The molecule has 1 atom stereocenters. The van der Waals surface area contributed by atoms with Crippen molar-refractivity contribution in [3.05, 3.63) is 29.8 Å². The van der Waals surface area contributed by atoms with Gasteiger partial charge in [0, 0.05) is 12.1 Å². The number of phenolic OH excluding ortho intramolecular Hbond substituents is 1. The average molecular weight is 276 g/mol. The van der Waals surface area contributed by atoms with E-state index in [4.69, 9.17) is 0 Å². The van der Waals surface area contributed by atoms with Gasteiger partial charge in [-0.25, -0.2) is 0 Å². The summed E-state index contributed by atoms with van der Waals surface area (Å²) >= 11 is 0. The smallest absolute Gasteiger partial charge is 0.115 e. The van der Waals surface area contributed by atoms with Crippen molar-refractivity contribution in [1.82, 2.24) is 10.2 Å². The second-order valence-electron chi connectivity index (χ2n) is 5.98. The zero-order valence-electron chi connectivity index (χ0n) is 12.8. The van der Waals surface area contributed by atoms with Crippen LogP contribution in [0.4, 0.5) is 0 Å². The fourth-order valence-corrected chi connectivity index (χ4v) is 2.95. The lowest BCUT2D eigenvalue weighted by Gasteiger charge is -2.33. The number of hydrogen-bond donors (Lipinski definition) is 2. The van der Waals surface area contributed by atoms with Crippen LogP contribution in [-0.2, 0) is 6.42 Å². The third-order valence-electron chi connectivity index (χ3n) is 4.36. The Kier molecular flexibility index (Phi) is 5.86. The van der Waals surface area contributed by atoms with Crippen LogP contribution in [0.2, 0.25) is 0 Å². The number of aromatic hydroxyl groups is 1. The highest BCUT2D eigenvalue weighted by atomic mass is 16.3. The van der Waals surface area contributed by atoms with Crippen LogP contribution in [0, 0.1) is 0 Å². The molecule has 1 fully saturated rings. The number of aryl methyl sites for hydroxylation is 1. The van der Waals surface area contributed by atoms with E-state index >= 15 is 0 Å². The van der Waals surface area contributed by atoms with Gasteiger partial charge in [0.1, 0.15) is 5.75 Å². The second-order valence-corrected chi connectivity index (χ2v) is 5.98. The van der Waals surface area contributed by atoms with Crippen molar-refractivity contribution < 1.29 is 5.11 Å². The molecule has 0 aliphatic carbocycles. The van der Waals surface area contributed by atoms with Gasteiger partial charge in [0.25, 0.3) is 0 Å². The minimum absolute atomic E-state index is 0.350. The van der Waals surface area contributed by atoms with Crippen LogP contribution in [0.1, 0.15) is 38.7 Å². The predicted octanol–water partition coefficient (Wildman–Crippen LogP) is 2.79. The predicted molar refractivity (Wildman–Crippen MR) is 84.2 cm³/mol. The third-order valence-corrected chi connectivity index (χ3v) is 4.36. The first-order valence-corrected chi connectivity index (χ1v) is 7.93. The molecule has 1 heterocycles. The molecule has 0 bridgehead atoms. The van der Waals surface area contributed by atoms with Crippen molar-refractivity contribution in [3.63, 3.8) is 0 Å². The molecular weight excluding hydrogens is 248 g/mol. The van der Waals surface area contributed by atoms with E-state index in [2.05, 4.69) is 24.1 Å². The third kappa shape index (κ3) is 4.80. The molecule has 3 heteroatoms. The highest BCUT2D eigenvalue weighted by Gasteiger charge is 2.19. The molecule has 0 radical (unpaired) electrons. The maximum absolute atomic E-state index is 9.28. The molecule has 2 N–H and O–H groups in total. The van der Waals surface area contributed by atoms with Gasteiger partial charge < -0.3 is 15.3 Å². The first-order chi connectivity index (χ1) is 9.67. The van der Waals surface area contributed by atoms with Gasteiger partial charge in [0.05, 0.1) is 0 Å². The Balaban J connectivity index is 1.68. The number of rotatable bonds is 6. The molecule has 0 spiro atoms. The Bertz CT molecular complexity index is 382. The van der Waals surface area contributed by atoms with E-state index in [0.717, 1.165) is 12.8 Å². The maximum atomic E-state index is 9.28. The van der Waals surface area contributed by atoms with Crippen LogP contribution >= 0.6 is 0 Å². The molecule has 2 rings (SSSR count). The summed E-state index contributed by atoms with van der Waals surface area (Å²) in [5, 5.41) is 13.0. The molecular formula is C17H28N2O. The molecule has 1 aromatic rings. The van der Waals surface area contributed by atoms with Crippen molar-refractivity contribution >= 4 is 0 Å². The molecule has 112 valence electrons. The molecule has 3 nitrogen and oxygen atoms in total. The standard InChI is InChI=1S/C17H28N2O/c1-3-19-12-10-16(11-13-19)18-14(2)4-5-15-6-8-17(20)9-7-15/h6-9,14,16,18,20H,3-5,10-13H2,1-2H3. The number of nitrogens with zero attached hydrogens (tertiary/aromatic N) is 1. The van der Waals surface area contributed by atoms with Crippen LogP contribution in [-0.4, -0.2) is 41.7 Å². The first-order valence-electron chi connectivity index (χ1n) is 7.93. The lowest BCUT2D eigenvalue weighted by molar-refractivity contribution is 0.199. The number of benzene rings is 1. The van der Waals surface area contributed by atoms with Crippen LogP contribution in [0.25, 0.3) is 0 Å². The molecule has 0 aromatic heterocycles. The number of likely N-dealkylation sites (tertiary alicyclic amines) is 1. The number of piperidine rings is 1. The van der Waals surface area contributed by atoms with E-state index in [0.29, 0.717) is 17.8 Å². The largest absolute Gasteiger partial charge is 0.508 e. The zero-order valence-corrected chi connectivity index (χ0v) is 12.8. The molecule has 20 heavy (non-hydrogen) atoms. The van der Waals surface area contributed by atoms with Gasteiger partial charge in [-0.05, 0) is 69.9 Å². The molecule has 1 saturated heterocycles. The van der Waals surface area contributed by atoms with Gasteiger partial charge in [-0.15, -0.1) is 0 Å². The molecule has 1 aromatic carbocycles. The van der Waals surface area contributed by atoms with Crippen LogP contribution in [0.15, 0.2) is 24.3 Å². The fraction of sp³-hybridized carbons (Fsp3) is 0.647. The van der Waals surface area contributed by atoms with E-state index < -0.39 is 0 Å². The topological polar surface area (TPSA) is 35.5 Å². The molecule has 0 amide bonds. The zero-order chi connectivity index (χ0) is 14.4. The maximum Gasteiger partial charge on any atom is 0.115 e. The second kappa shape index (κ2) is 7.65. The Hall–Kier alpha value is -1.06. The van der Waals surface area contributed by atoms with E-state index in [1.54, 1.807) is 12.1 Å². The Labute approximate surface area is 123 Å². The fourth-order valence-electron chi connectivity index (χ4n) is 2.95. The first kappa shape index (κ1) is 15.3. The van der Waals surface area contributed by atoms with Crippen molar-refractivity contribution in [2.24, 2.45) is 0 Å². The van der Waals surface area contributed by atoms with Gasteiger partial charge in [-0.2, -0.15) is 0 Å². The minimum Gasteiger partial charge on any atom is -0.508 e. The highest BCUT2D eigenvalue weighted by molar-refractivity contribution is 5.25. The van der Waals surface area contributed by atoms with Crippen molar-refractivity contribution in [3.8, 4) is 5.75 Å². The summed E-state index contributed by atoms with van der Waals surface area (Å²) < 4.78 is 0. The lowest BCUT2D eigenvalue weighted by Crippen LogP contribution is -2.45. The number of nitrogens with one attached hydrogen (secondary N) is 1. The van der Waals surface area contributed by atoms with E-state index in [9.17, 15) is 5.11 Å². The summed E-state index contributed by atoms with van der Waals surface area (Å²) in [6.45, 7) is 8.18. The summed E-state index contributed by atoms with van der Waals surface area (Å²) in [5.74, 6) is 0.350. The van der Waals surface area contributed by atoms with E-state index in [1.165, 1.54) is 38.0 Å². The summed E-state index contributed by atoms with van der Waals surface area (Å²) in [6, 6.07) is 8.82. The lowest BCUT2D eigenvalue weighted by atomic mass is 10.0. The Morgan fingerprint density at radius 1 is 1.25 bits per heavy atom. The highest BCUT2D eigenvalue weighted by Crippen LogP contribution is 2.14. The van der Waals surface area contributed by atoms with Gasteiger partial charge in [-0.3, -0.25) is 0 Å². The van der Waals surface area contributed by atoms with Crippen LogP contribution in [0.5, 0.6) is 5.75 Å². The quantitative estimate of drug-likeness (QED) is 0.838. The van der Waals surface area contributed by atoms with Crippen molar-refractivity contribution in [2.75, 3.05) is 19.6 Å². The number of hydrogen-bond acceptors (Lipinski definition) is 3. The monoisotopic (exact) mass is 276 g/mol. The number of phenols is 1. The summed E-state index contributed by atoms with van der Waals surface area (Å²) in [5.41, 5.74) is 1.30. The van der Waals surface area contributed by atoms with Gasteiger partial charge in [0.15, 0.2) is 0 Å². The normalized spacial score (nSPS) is 19.1.